The molecule has 0 saturated carbocycles. The van der Waals surface area contributed by atoms with E-state index in [1.54, 1.807) is 17.6 Å². The molecule has 34 heavy (non-hydrogen) atoms. The van der Waals surface area contributed by atoms with Crippen LogP contribution in [0, 0.1) is 0 Å². The Morgan fingerprint density at radius 2 is 1.68 bits per heavy atom. The van der Waals surface area contributed by atoms with E-state index in [0.717, 1.165) is 43.4 Å². The van der Waals surface area contributed by atoms with E-state index in [9.17, 15) is 0 Å². The molecule has 0 radical (unpaired) electrons. The van der Waals surface area contributed by atoms with Crippen LogP contribution in [-0.4, -0.2) is 21.5 Å². The van der Waals surface area contributed by atoms with E-state index >= 15 is 0 Å². The first kappa shape index (κ1) is 23.2. The average molecular weight is 473 g/mol. The Morgan fingerprint density at radius 3 is 2.26 bits per heavy atom. The maximum absolute atomic E-state index is 8.36. The van der Waals surface area contributed by atoms with Crippen LogP contribution in [0.3, 0.4) is 0 Å². The maximum atomic E-state index is 8.36. The number of aromatic nitrogens is 2. The molecule has 8 heteroatoms. The van der Waals surface area contributed by atoms with Gasteiger partial charge in [0.15, 0.2) is 5.82 Å². The molecule has 0 amide bonds. The van der Waals surface area contributed by atoms with Crippen LogP contribution in [0.4, 0.5) is 5.82 Å². The highest BCUT2D eigenvalue weighted by atomic mass is 32.1. The van der Waals surface area contributed by atoms with Crippen LogP contribution in [0.25, 0.3) is 32.7 Å². The first-order chi connectivity index (χ1) is 16.6. The smallest absolute Gasteiger partial charge is 0.290 e. The van der Waals surface area contributed by atoms with Gasteiger partial charge in [-0.2, -0.15) is 0 Å². The first-order valence-corrected chi connectivity index (χ1v) is 11.5. The summed E-state index contributed by atoms with van der Waals surface area (Å²) >= 11 is 1.65. The number of benzene rings is 2. The fourth-order valence-corrected chi connectivity index (χ4v) is 4.80. The molecule has 3 heterocycles. The van der Waals surface area contributed by atoms with Crippen LogP contribution in [0.5, 0.6) is 0 Å². The Balaban J connectivity index is 0.000000868. The molecule has 0 fully saturated rings. The minimum absolute atomic E-state index is 0.118. The number of hydrogen-bond donors (Lipinski definition) is 3. The van der Waals surface area contributed by atoms with Crippen molar-refractivity contribution in [3.05, 3.63) is 89.7 Å². The number of hydrogen-bond acceptors (Lipinski definition) is 7. The zero-order valence-electron chi connectivity index (χ0n) is 18.5. The van der Waals surface area contributed by atoms with Gasteiger partial charge in [-0.15, -0.1) is 11.3 Å². The van der Waals surface area contributed by atoms with Crippen LogP contribution in [0.15, 0.2) is 83.5 Å². The predicted octanol–water partition coefficient (Wildman–Crippen LogP) is 5.95. The molecule has 0 unspecified atom stereocenters. The molecule has 0 aliphatic rings. The summed E-state index contributed by atoms with van der Waals surface area (Å²) in [6.45, 7) is 2.30. The summed E-state index contributed by atoms with van der Waals surface area (Å²) in [5.74, 6) is 2.32. The monoisotopic (exact) mass is 472 g/mol. The molecule has 172 valence electrons. The lowest BCUT2D eigenvalue weighted by Gasteiger charge is -2.10. The van der Waals surface area contributed by atoms with Gasteiger partial charge in [0.05, 0.1) is 23.0 Å². The SMILES string of the molecule is C[C@H](N)c1sc2c(NCc3ccco3)nc(-c3ccccc3)nc2c1-c1ccccc1.O=CO. The van der Waals surface area contributed by atoms with Gasteiger partial charge < -0.3 is 20.6 Å². The Hall–Kier alpha value is -4.01. The Labute approximate surface area is 200 Å². The molecule has 0 aliphatic heterocycles. The third-order valence-corrected chi connectivity index (χ3v) is 6.47. The van der Waals surface area contributed by atoms with E-state index in [0.29, 0.717) is 12.4 Å². The van der Waals surface area contributed by atoms with Crippen molar-refractivity contribution in [1.82, 2.24) is 9.97 Å². The van der Waals surface area contributed by atoms with Crippen molar-refractivity contribution in [2.45, 2.75) is 19.5 Å². The summed E-state index contributed by atoms with van der Waals surface area (Å²) in [5.41, 5.74) is 10.5. The number of carbonyl (C=O) groups is 1. The van der Waals surface area contributed by atoms with Crippen LogP contribution in [0.1, 0.15) is 23.6 Å². The lowest BCUT2D eigenvalue weighted by Crippen LogP contribution is -2.04. The lowest BCUT2D eigenvalue weighted by atomic mass is 10.0. The van der Waals surface area contributed by atoms with Crippen LogP contribution < -0.4 is 11.1 Å². The molecule has 3 aromatic heterocycles. The van der Waals surface area contributed by atoms with Crippen molar-refractivity contribution in [3.63, 3.8) is 0 Å². The summed E-state index contributed by atoms with van der Waals surface area (Å²) in [5, 5.41) is 10.3. The van der Waals surface area contributed by atoms with Crippen LogP contribution in [0.2, 0.25) is 0 Å². The summed E-state index contributed by atoms with van der Waals surface area (Å²) in [4.78, 5) is 19.4. The van der Waals surface area contributed by atoms with Crippen molar-refractivity contribution in [2.75, 3.05) is 5.32 Å². The standard InChI is InChI=1S/C25H22N4OS.CH2O2/c1-16(26)22-20(17-9-4-2-5-10-17)21-23(31-22)25(27-15-19-13-8-14-30-19)29-24(28-21)18-11-6-3-7-12-18;2-1-3/h2-14,16H,15,26H2,1H3,(H,27,28,29);1H,(H,2,3)/t16-;/m0./s1. The number of nitrogens with two attached hydrogens (primary N) is 1. The normalized spacial score (nSPS) is 11.5. The van der Waals surface area contributed by atoms with Crippen molar-refractivity contribution < 1.29 is 14.3 Å². The molecule has 4 N–H and O–H groups in total. The fourth-order valence-electron chi connectivity index (χ4n) is 3.62. The number of rotatable bonds is 6. The third-order valence-electron chi connectivity index (χ3n) is 5.08. The number of nitrogens with one attached hydrogen (secondary N) is 1. The minimum atomic E-state index is -0.250. The summed E-state index contributed by atoms with van der Waals surface area (Å²) < 4.78 is 6.49. The predicted molar refractivity (Wildman–Crippen MR) is 136 cm³/mol. The number of carboxylic acid groups (broad SMARTS) is 1. The second-order valence-corrected chi connectivity index (χ2v) is 8.53. The third kappa shape index (κ3) is 4.98. The zero-order valence-corrected chi connectivity index (χ0v) is 19.3. The van der Waals surface area contributed by atoms with E-state index < -0.39 is 0 Å². The minimum Gasteiger partial charge on any atom is -0.483 e. The Morgan fingerprint density at radius 1 is 1.03 bits per heavy atom. The number of thiophene rings is 1. The zero-order chi connectivity index (χ0) is 23.9. The van der Waals surface area contributed by atoms with Gasteiger partial charge in [0.2, 0.25) is 0 Å². The molecule has 7 nitrogen and oxygen atoms in total. The summed E-state index contributed by atoms with van der Waals surface area (Å²) in [6, 6.07) is 24.1. The number of furan rings is 1. The molecular weight excluding hydrogens is 448 g/mol. The van der Waals surface area contributed by atoms with Crippen LogP contribution in [-0.2, 0) is 11.3 Å². The quantitative estimate of drug-likeness (QED) is 0.262. The molecule has 0 saturated heterocycles. The second kappa shape index (κ2) is 10.7. The highest BCUT2D eigenvalue weighted by Crippen LogP contribution is 2.43. The van der Waals surface area contributed by atoms with Crippen LogP contribution >= 0.6 is 11.3 Å². The summed E-state index contributed by atoms with van der Waals surface area (Å²) in [6.07, 6.45) is 1.68. The highest BCUT2D eigenvalue weighted by Gasteiger charge is 2.22. The fraction of sp³-hybridized carbons (Fsp3) is 0.115. The van der Waals surface area contributed by atoms with Crippen molar-refractivity contribution in [3.8, 4) is 22.5 Å². The van der Waals surface area contributed by atoms with Gasteiger partial charge in [0.25, 0.3) is 6.47 Å². The van der Waals surface area contributed by atoms with E-state index in [2.05, 4.69) is 17.4 Å². The van der Waals surface area contributed by atoms with Crippen molar-refractivity contribution in [2.24, 2.45) is 5.73 Å². The molecule has 0 bridgehead atoms. The average Bonchev–Trinajstić information content (AvgIpc) is 3.52. The van der Waals surface area contributed by atoms with Gasteiger partial charge in [-0.3, -0.25) is 4.79 Å². The molecule has 5 rings (SSSR count). The number of fused-ring (bicyclic) bond motifs is 1. The van der Waals surface area contributed by atoms with Gasteiger partial charge in [-0.1, -0.05) is 60.7 Å². The molecule has 2 aromatic carbocycles. The van der Waals surface area contributed by atoms with E-state index in [1.165, 1.54) is 0 Å². The maximum Gasteiger partial charge on any atom is 0.290 e. The van der Waals surface area contributed by atoms with E-state index in [4.69, 9.17) is 30.0 Å². The molecule has 1 atom stereocenters. The van der Waals surface area contributed by atoms with Gasteiger partial charge >= 0.3 is 0 Å². The molecular formula is C26H24N4O3S. The second-order valence-electron chi connectivity index (χ2n) is 7.47. The van der Waals surface area contributed by atoms with Gasteiger partial charge in [0.1, 0.15) is 11.6 Å². The number of anilines is 1. The van der Waals surface area contributed by atoms with E-state index in [-0.39, 0.29) is 12.5 Å². The largest absolute Gasteiger partial charge is 0.483 e. The van der Waals surface area contributed by atoms with Crippen molar-refractivity contribution in [1.29, 1.82) is 0 Å². The Kier molecular flexibility index (Phi) is 7.31. The first-order valence-electron chi connectivity index (χ1n) is 10.7. The number of nitrogens with zero attached hydrogens (tertiary/aromatic N) is 2. The molecule has 0 aliphatic carbocycles. The highest BCUT2D eigenvalue weighted by molar-refractivity contribution is 7.20. The summed E-state index contributed by atoms with van der Waals surface area (Å²) in [7, 11) is 0. The van der Waals surface area contributed by atoms with Gasteiger partial charge in [-0.05, 0) is 24.6 Å². The Bertz CT molecular complexity index is 1350. The van der Waals surface area contributed by atoms with Gasteiger partial charge in [0, 0.05) is 22.0 Å². The van der Waals surface area contributed by atoms with E-state index in [1.807, 2.05) is 67.6 Å². The van der Waals surface area contributed by atoms with Gasteiger partial charge in [-0.25, -0.2) is 9.97 Å². The topological polar surface area (TPSA) is 114 Å². The lowest BCUT2D eigenvalue weighted by molar-refractivity contribution is -0.122. The molecule has 0 spiro atoms. The molecule has 5 aromatic rings. The van der Waals surface area contributed by atoms with Crippen molar-refractivity contribution >= 4 is 33.8 Å².